The number of rotatable bonds is 4. The molecule has 0 aliphatic carbocycles. The minimum Gasteiger partial charge on any atom is -0.361 e. The molecule has 1 aromatic carbocycles. The van der Waals surface area contributed by atoms with Gasteiger partial charge in [-0.05, 0) is 63.3 Å². The molecule has 6 nitrogen and oxygen atoms in total. The van der Waals surface area contributed by atoms with Crippen molar-refractivity contribution in [3.63, 3.8) is 0 Å². The molecule has 2 amide bonds. The van der Waals surface area contributed by atoms with E-state index >= 15 is 0 Å². The molecule has 1 atom stereocenters. The van der Waals surface area contributed by atoms with Gasteiger partial charge in [0, 0.05) is 29.9 Å². The van der Waals surface area contributed by atoms with E-state index in [1.807, 2.05) is 24.8 Å². The first-order valence-corrected chi connectivity index (χ1v) is 9.46. The lowest BCUT2D eigenvalue weighted by molar-refractivity contribution is -0.115. The quantitative estimate of drug-likeness (QED) is 0.892. The highest BCUT2D eigenvalue weighted by atomic mass is 16.5. The summed E-state index contributed by atoms with van der Waals surface area (Å²) in [6.45, 7) is 9.34. The molecule has 1 aliphatic heterocycles. The van der Waals surface area contributed by atoms with E-state index in [1.54, 1.807) is 19.1 Å². The average molecular weight is 369 g/mol. The molecule has 1 aromatic heterocycles. The number of amides is 2. The molecule has 6 heteroatoms. The maximum Gasteiger partial charge on any atom is 0.253 e. The number of anilines is 1. The summed E-state index contributed by atoms with van der Waals surface area (Å²) >= 11 is 0. The molecule has 1 saturated heterocycles. The Hall–Kier alpha value is -2.63. The van der Waals surface area contributed by atoms with Gasteiger partial charge >= 0.3 is 0 Å². The fourth-order valence-corrected chi connectivity index (χ4v) is 3.60. The van der Waals surface area contributed by atoms with Crippen molar-refractivity contribution >= 4 is 17.5 Å². The summed E-state index contributed by atoms with van der Waals surface area (Å²) in [6, 6.07) is 5.45. The van der Waals surface area contributed by atoms with Gasteiger partial charge in [-0.3, -0.25) is 9.59 Å². The van der Waals surface area contributed by atoms with E-state index in [0.717, 1.165) is 42.0 Å². The zero-order valence-electron chi connectivity index (χ0n) is 16.5. The summed E-state index contributed by atoms with van der Waals surface area (Å²) < 4.78 is 5.11. The van der Waals surface area contributed by atoms with Crippen LogP contribution < -0.4 is 5.32 Å². The molecule has 0 bridgehead atoms. The third-order valence-electron chi connectivity index (χ3n) is 5.21. The van der Waals surface area contributed by atoms with Crippen LogP contribution in [-0.2, 0) is 11.2 Å². The van der Waals surface area contributed by atoms with Crippen LogP contribution in [-0.4, -0.2) is 35.0 Å². The fraction of sp³-hybridized carbons (Fsp3) is 0.476. The molecular weight excluding hydrogens is 342 g/mol. The normalized spacial score (nSPS) is 17.0. The second-order valence-corrected chi connectivity index (χ2v) is 7.56. The van der Waals surface area contributed by atoms with Crippen LogP contribution in [0.25, 0.3) is 0 Å². The fourth-order valence-electron chi connectivity index (χ4n) is 3.60. The Labute approximate surface area is 159 Å². The third kappa shape index (κ3) is 4.38. The predicted molar refractivity (Wildman–Crippen MR) is 104 cm³/mol. The Morgan fingerprint density at radius 3 is 2.70 bits per heavy atom. The van der Waals surface area contributed by atoms with Crippen LogP contribution >= 0.6 is 0 Å². The average Bonchev–Trinajstić information content (AvgIpc) is 2.94. The van der Waals surface area contributed by atoms with E-state index in [-0.39, 0.29) is 18.2 Å². The van der Waals surface area contributed by atoms with Gasteiger partial charge in [0.15, 0.2) is 0 Å². The molecule has 2 heterocycles. The number of aryl methyl sites for hydroxylation is 3. The number of hydrogen-bond acceptors (Lipinski definition) is 4. The smallest absolute Gasteiger partial charge is 0.253 e. The van der Waals surface area contributed by atoms with Crippen LogP contribution in [0.5, 0.6) is 0 Å². The molecule has 2 aromatic rings. The second kappa shape index (κ2) is 7.94. The summed E-state index contributed by atoms with van der Waals surface area (Å²) in [7, 11) is 0. The SMILES string of the molecule is Cc1cc(C(=O)N2CCCC(C)C2)ccc1NC(=O)Cc1c(C)noc1C. The van der Waals surface area contributed by atoms with Gasteiger partial charge in [-0.2, -0.15) is 0 Å². The number of piperidine rings is 1. The molecule has 144 valence electrons. The van der Waals surface area contributed by atoms with Gasteiger partial charge in [-0.1, -0.05) is 12.1 Å². The summed E-state index contributed by atoms with van der Waals surface area (Å²) in [5.41, 5.74) is 3.81. The number of hydrogen-bond donors (Lipinski definition) is 1. The summed E-state index contributed by atoms with van der Waals surface area (Å²) in [4.78, 5) is 27.1. The Kier molecular flexibility index (Phi) is 5.63. The van der Waals surface area contributed by atoms with Crippen molar-refractivity contribution in [2.75, 3.05) is 18.4 Å². The Morgan fingerprint density at radius 2 is 2.07 bits per heavy atom. The van der Waals surface area contributed by atoms with Crippen LogP contribution in [0.15, 0.2) is 22.7 Å². The maximum atomic E-state index is 12.7. The molecule has 3 rings (SSSR count). The molecule has 1 fully saturated rings. The minimum atomic E-state index is -0.128. The molecule has 0 radical (unpaired) electrons. The largest absolute Gasteiger partial charge is 0.361 e. The Morgan fingerprint density at radius 1 is 1.30 bits per heavy atom. The summed E-state index contributed by atoms with van der Waals surface area (Å²) in [5.74, 6) is 1.15. The van der Waals surface area contributed by atoms with Gasteiger partial charge in [0.1, 0.15) is 5.76 Å². The lowest BCUT2D eigenvalue weighted by Crippen LogP contribution is -2.39. The number of carbonyl (C=O) groups is 2. The number of likely N-dealkylation sites (tertiary alicyclic amines) is 1. The van der Waals surface area contributed by atoms with Crippen LogP contribution in [0, 0.1) is 26.7 Å². The molecule has 0 spiro atoms. The molecular formula is C21H27N3O3. The van der Waals surface area contributed by atoms with Crippen molar-refractivity contribution in [2.45, 2.75) is 47.0 Å². The van der Waals surface area contributed by atoms with E-state index in [0.29, 0.717) is 17.2 Å². The van der Waals surface area contributed by atoms with Crippen molar-refractivity contribution in [1.82, 2.24) is 10.1 Å². The molecule has 1 unspecified atom stereocenters. The van der Waals surface area contributed by atoms with Crippen molar-refractivity contribution in [3.8, 4) is 0 Å². The monoisotopic (exact) mass is 369 g/mol. The van der Waals surface area contributed by atoms with E-state index in [2.05, 4.69) is 17.4 Å². The lowest BCUT2D eigenvalue weighted by atomic mass is 9.99. The second-order valence-electron chi connectivity index (χ2n) is 7.56. The van der Waals surface area contributed by atoms with E-state index < -0.39 is 0 Å². The highest BCUT2D eigenvalue weighted by Gasteiger charge is 2.22. The summed E-state index contributed by atoms with van der Waals surface area (Å²) in [6.07, 6.45) is 2.45. The number of nitrogens with one attached hydrogen (secondary N) is 1. The van der Waals surface area contributed by atoms with Gasteiger partial charge in [-0.25, -0.2) is 0 Å². The van der Waals surface area contributed by atoms with Gasteiger partial charge < -0.3 is 14.7 Å². The summed E-state index contributed by atoms with van der Waals surface area (Å²) in [5, 5.41) is 6.80. The molecule has 1 N–H and O–H groups in total. The Bertz CT molecular complexity index is 837. The van der Waals surface area contributed by atoms with Gasteiger partial charge in [0.2, 0.25) is 5.91 Å². The predicted octanol–water partition coefficient (Wildman–Crippen LogP) is 3.65. The van der Waals surface area contributed by atoms with Crippen molar-refractivity contribution < 1.29 is 14.1 Å². The minimum absolute atomic E-state index is 0.0678. The van der Waals surface area contributed by atoms with Crippen molar-refractivity contribution in [2.24, 2.45) is 5.92 Å². The van der Waals surface area contributed by atoms with Crippen LogP contribution in [0.1, 0.15) is 52.7 Å². The van der Waals surface area contributed by atoms with Crippen LogP contribution in [0.2, 0.25) is 0 Å². The molecule has 0 saturated carbocycles. The standard InChI is InChI=1S/C21H27N3O3/c1-13-6-5-9-24(12-13)21(26)17-7-8-19(14(2)10-17)22-20(25)11-18-15(3)23-27-16(18)4/h7-8,10,13H,5-6,9,11-12H2,1-4H3,(H,22,25). The number of nitrogens with zero attached hydrogens (tertiary/aromatic N) is 2. The number of aromatic nitrogens is 1. The van der Waals surface area contributed by atoms with Crippen molar-refractivity contribution in [1.29, 1.82) is 0 Å². The van der Waals surface area contributed by atoms with Gasteiger partial charge in [0.25, 0.3) is 5.91 Å². The zero-order valence-corrected chi connectivity index (χ0v) is 16.5. The first-order valence-electron chi connectivity index (χ1n) is 9.46. The molecule has 1 aliphatic rings. The van der Waals surface area contributed by atoms with Gasteiger partial charge in [-0.15, -0.1) is 0 Å². The van der Waals surface area contributed by atoms with Gasteiger partial charge in [0.05, 0.1) is 12.1 Å². The zero-order chi connectivity index (χ0) is 19.6. The lowest BCUT2D eigenvalue weighted by Gasteiger charge is -2.31. The van der Waals surface area contributed by atoms with E-state index in [4.69, 9.17) is 4.52 Å². The Balaban J connectivity index is 1.67. The van der Waals surface area contributed by atoms with Crippen LogP contribution in [0.3, 0.4) is 0 Å². The van der Waals surface area contributed by atoms with E-state index in [1.165, 1.54) is 6.42 Å². The third-order valence-corrected chi connectivity index (χ3v) is 5.21. The highest BCUT2D eigenvalue weighted by Crippen LogP contribution is 2.22. The number of carbonyl (C=O) groups excluding carboxylic acids is 2. The van der Waals surface area contributed by atoms with Crippen LogP contribution in [0.4, 0.5) is 5.69 Å². The molecule has 27 heavy (non-hydrogen) atoms. The highest BCUT2D eigenvalue weighted by molar-refractivity contribution is 5.97. The first-order chi connectivity index (χ1) is 12.8. The van der Waals surface area contributed by atoms with E-state index in [9.17, 15) is 9.59 Å². The van der Waals surface area contributed by atoms with Crippen molar-refractivity contribution in [3.05, 3.63) is 46.3 Å². The first kappa shape index (κ1) is 19.1. The number of benzene rings is 1. The topological polar surface area (TPSA) is 75.4 Å². The maximum absolute atomic E-state index is 12.7.